The molecule has 3 atom stereocenters. The number of rotatable bonds is 7. The SMILES string of the molecule is Cc1c(C)c(C)c(CN2[C]N(CO[C@H]3C[C@H](C(C)C)CC[C@@H]3C)c3ccccc32)c(C)c1C.[Cl][Pd+].[c-]1ccccc1-c1ccccn1. The molecule has 0 spiro atoms. The number of nitrogens with zero attached hydrogens (tertiary/aromatic N) is 3. The molecule has 0 amide bonds. The van der Waals surface area contributed by atoms with Gasteiger partial charge in [0.25, 0.3) is 0 Å². The van der Waals surface area contributed by atoms with Gasteiger partial charge < -0.3 is 19.5 Å². The molecule has 4 nitrogen and oxygen atoms in total. The van der Waals surface area contributed by atoms with Crippen LogP contribution >= 0.6 is 9.53 Å². The largest absolute Gasteiger partial charge is 0.305 e. The van der Waals surface area contributed by atoms with Crippen LogP contribution < -0.4 is 9.80 Å². The van der Waals surface area contributed by atoms with Crippen LogP contribution in [-0.2, 0) is 29.5 Å². The van der Waals surface area contributed by atoms with E-state index in [0.717, 1.165) is 29.6 Å². The van der Waals surface area contributed by atoms with Gasteiger partial charge in [-0.3, -0.25) is 0 Å². The number of aromatic nitrogens is 1. The zero-order chi connectivity index (χ0) is 34.1. The van der Waals surface area contributed by atoms with Crippen molar-refractivity contribution in [2.24, 2.45) is 17.8 Å². The molecule has 3 aromatic carbocycles. The second-order valence-electron chi connectivity index (χ2n) is 13.3. The number of para-hydroxylation sites is 2. The summed E-state index contributed by atoms with van der Waals surface area (Å²) in [5.74, 6) is 2.14. The Morgan fingerprint density at radius 3 is 2.06 bits per heavy atom. The zero-order valence-electron chi connectivity index (χ0n) is 29.2. The third-order valence-electron chi connectivity index (χ3n) is 10.3. The van der Waals surface area contributed by atoms with E-state index in [0.29, 0.717) is 18.8 Å². The average Bonchev–Trinajstić information content (AvgIpc) is 3.47. The molecule has 1 aliphatic carbocycles. The van der Waals surface area contributed by atoms with Crippen LogP contribution in [0.5, 0.6) is 0 Å². The van der Waals surface area contributed by atoms with Gasteiger partial charge in [-0.05, 0) is 129 Å². The second-order valence-corrected chi connectivity index (χ2v) is 13.3. The Morgan fingerprint density at radius 1 is 0.851 bits per heavy atom. The van der Waals surface area contributed by atoms with E-state index >= 15 is 0 Å². The molecule has 0 unspecified atom stereocenters. The summed E-state index contributed by atoms with van der Waals surface area (Å²) < 4.78 is 6.55. The molecule has 1 aliphatic heterocycles. The van der Waals surface area contributed by atoms with Gasteiger partial charge in [0, 0.05) is 12.7 Å². The Balaban J connectivity index is 0.000000297. The predicted octanol–water partition coefficient (Wildman–Crippen LogP) is 10.7. The van der Waals surface area contributed by atoms with Crippen LogP contribution in [0.1, 0.15) is 73.4 Å². The Labute approximate surface area is 299 Å². The molecule has 2 heterocycles. The van der Waals surface area contributed by atoms with E-state index in [-0.39, 0.29) is 0 Å². The zero-order valence-corrected chi connectivity index (χ0v) is 31.5. The maximum atomic E-state index is 6.55. The number of benzene rings is 3. The Bertz CT molecular complexity index is 1500. The summed E-state index contributed by atoms with van der Waals surface area (Å²) in [6.45, 7) is 23.4. The first-order valence-electron chi connectivity index (χ1n) is 16.7. The number of hydrogen-bond acceptors (Lipinski definition) is 4. The molecule has 6 rings (SSSR count). The summed E-state index contributed by atoms with van der Waals surface area (Å²) >= 11 is 2.22. The van der Waals surface area contributed by atoms with Gasteiger partial charge in [0.15, 0.2) is 0 Å². The average molecular weight is 743 g/mol. The maximum Gasteiger partial charge on any atom is 0.0160 e. The van der Waals surface area contributed by atoms with Crippen LogP contribution in [0.15, 0.2) is 72.9 Å². The van der Waals surface area contributed by atoms with E-state index in [1.54, 1.807) is 6.20 Å². The normalized spacial score (nSPS) is 18.7. The third-order valence-corrected chi connectivity index (χ3v) is 10.3. The van der Waals surface area contributed by atoms with Crippen molar-refractivity contribution in [2.75, 3.05) is 16.5 Å². The van der Waals surface area contributed by atoms with E-state index in [1.165, 1.54) is 64.0 Å². The predicted molar refractivity (Wildman–Crippen MR) is 194 cm³/mol. The first-order chi connectivity index (χ1) is 22.7. The molecule has 2 radical (unpaired) electrons. The van der Waals surface area contributed by atoms with E-state index in [9.17, 15) is 0 Å². The van der Waals surface area contributed by atoms with Gasteiger partial charge in [-0.15, -0.1) is 35.9 Å². The molecule has 47 heavy (non-hydrogen) atoms. The maximum absolute atomic E-state index is 6.55. The molecule has 6 heteroatoms. The molecule has 1 saturated carbocycles. The van der Waals surface area contributed by atoms with E-state index in [2.05, 4.69) is 135 Å². The number of hydrogen-bond donors (Lipinski definition) is 0. The minimum absolute atomic E-state index is 0.334. The van der Waals surface area contributed by atoms with Crippen LogP contribution in [0.3, 0.4) is 0 Å². The molecule has 1 aromatic heterocycles. The molecule has 252 valence electrons. The van der Waals surface area contributed by atoms with Gasteiger partial charge in [-0.1, -0.05) is 45.0 Å². The first-order valence-corrected chi connectivity index (χ1v) is 18.7. The number of ether oxygens (including phenoxy) is 1. The van der Waals surface area contributed by atoms with Crippen molar-refractivity contribution < 1.29 is 22.9 Å². The number of pyridine rings is 1. The number of anilines is 2. The van der Waals surface area contributed by atoms with Gasteiger partial charge in [-0.25, -0.2) is 0 Å². The Kier molecular flexibility index (Phi) is 13.9. The van der Waals surface area contributed by atoms with Crippen molar-refractivity contribution in [3.63, 3.8) is 0 Å². The molecular weight excluding hydrogens is 692 g/mol. The summed E-state index contributed by atoms with van der Waals surface area (Å²) in [7, 11) is 4.49. The Hall–Kier alpha value is -2.68. The molecular formula is C41H50ClN3OPd. The van der Waals surface area contributed by atoms with Crippen LogP contribution in [0.25, 0.3) is 11.3 Å². The summed E-state index contributed by atoms with van der Waals surface area (Å²) in [5.41, 5.74) is 12.9. The molecule has 1 fully saturated rings. The minimum Gasteiger partial charge on any atom is -0.305 e. The van der Waals surface area contributed by atoms with Gasteiger partial charge in [0.05, 0.1) is 17.5 Å². The van der Waals surface area contributed by atoms with Gasteiger partial charge in [0.1, 0.15) is 6.73 Å². The minimum atomic E-state index is 0.334. The fourth-order valence-electron chi connectivity index (χ4n) is 6.76. The standard InChI is InChI=1S/C30H42N2O.C11H8N.ClH.Pd/c1-19(2)26-14-13-20(3)30(15-26)33-18-32-17-31(28-11-9-10-12-29(28)32)16-27-24(7)22(5)21(4)23(6)25(27)8;1-2-6-10(7-3-1)11-8-4-5-9-12-11;;/h9-12,19-20,26,30H,13-16,18H2,1-8H3;1-6,8-9H;1H;/q;-1;;+2/p-1/t20-,26+,30-;;;/m0.../s1. The van der Waals surface area contributed by atoms with Crippen molar-refractivity contribution in [1.82, 2.24) is 4.98 Å². The fourth-order valence-corrected chi connectivity index (χ4v) is 6.76. The van der Waals surface area contributed by atoms with Crippen LogP contribution in [0.4, 0.5) is 11.4 Å². The quantitative estimate of drug-likeness (QED) is 0.139. The fraction of sp³-hybridized carbons (Fsp3) is 0.415. The van der Waals surface area contributed by atoms with Crippen molar-refractivity contribution in [1.29, 1.82) is 0 Å². The summed E-state index contributed by atoms with van der Waals surface area (Å²) in [5, 5.41) is 0. The monoisotopic (exact) mass is 741 g/mol. The van der Waals surface area contributed by atoms with Gasteiger partial charge in [-0.2, -0.15) is 0 Å². The van der Waals surface area contributed by atoms with Crippen LogP contribution in [0, 0.1) is 65.1 Å². The smallest absolute Gasteiger partial charge is 0.0160 e. The summed E-state index contributed by atoms with van der Waals surface area (Å²) in [6, 6.07) is 25.5. The summed E-state index contributed by atoms with van der Waals surface area (Å²) in [6.07, 6.45) is 5.91. The van der Waals surface area contributed by atoms with Crippen molar-refractivity contribution >= 4 is 20.9 Å². The van der Waals surface area contributed by atoms with E-state index in [1.807, 2.05) is 42.5 Å². The molecule has 2 aliphatic rings. The number of halogens is 1. The van der Waals surface area contributed by atoms with Crippen LogP contribution in [0.2, 0.25) is 0 Å². The topological polar surface area (TPSA) is 28.6 Å². The van der Waals surface area contributed by atoms with Crippen molar-refractivity contribution in [2.45, 2.75) is 87.3 Å². The van der Waals surface area contributed by atoms with E-state index < -0.39 is 0 Å². The number of fused-ring (bicyclic) bond motifs is 1. The third kappa shape index (κ3) is 9.07. The van der Waals surface area contributed by atoms with Crippen molar-refractivity contribution in [3.05, 3.63) is 119 Å². The van der Waals surface area contributed by atoms with Gasteiger partial charge in [0.2, 0.25) is 6.67 Å². The second kappa shape index (κ2) is 17.6. The summed E-state index contributed by atoms with van der Waals surface area (Å²) in [4.78, 5) is 8.68. The Morgan fingerprint density at radius 2 is 1.47 bits per heavy atom. The van der Waals surface area contributed by atoms with E-state index in [4.69, 9.17) is 4.74 Å². The van der Waals surface area contributed by atoms with Crippen molar-refractivity contribution in [3.8, 4) is 11.3 Å². The molecule has 4 aromatic rings. The van der Waals surface area contributed by atoms with Crippen LogP contribution in [-0.4, -0.2) is 17.8 Å². The first kappa shape index (κ1) is 37.1. The molecule has 0 bridgehead atoms. The van der Waals surface area contributed by atoms with Gasteiger partial charge >= 0.3 is 27.7 Å². The molecule has 0 saturated heterocycles. The molecule has 0 N–H and O–H groups in total.